The van der Waals surface area contributed by atoms with Crippen LogP contribution in [0, 0.1) is 0 Å². The number of esters is 1. The molecule has 0 aromatic heterocycles. The van der Waals surface area contributed by atoms with Crippen molar-refractivity contribution in [1.29, 1.82) is 0 Å². The van der Waals surface area contributed by atoms with E-state index < -0.39 is 5.60 Å². The normalized spacial score (nSPS) is 13.7. The highest BCUT2D eigenvalue weighted by Gasteiger charge is 2.35. The van der Waals surface area contributed by atoms with Crippen molar-refractivity contribution < 1.29 is 23.8 Å². The van der Waals surface area contributed by atoms with Crippen LogP contribution in [0.3, 0.4) is 0 Å². The number of carbonyl (C=O) groups excluding carboxylic acids is 2. The third-order valence-electron chi connectivity index (χ3n) is 3.24. The van der Waals surface area contributed by atoms with Gasteiger partial charge < -0.3 is 19.1 Å². The molecule has 0 spiro atoms. The summed E-state index contributed by atoms with van der Waals surface area (Å²) in [5, 5.41) is 0. The van der Waals surface area contributed by atoms with E-state index in [9.17, 15) is 9.59 Å². The molecule has 0 saturated carbocycles. The fourth-order valence-electron chi connectivity index (χ4n) is 1.56. The lowest BCUT2D eigenvalue weighted by molar-refractivity contribution is -0.155. The van der Waals surface area contributed by atoms with Crippen LogP contribution in [0.15, 0.2) is 0 Å². The summed E-state index contributed by atoms with van der Waals surface area (Å²) in [6, 6.07) is 0. The maximum absolute atomic E-state index is 12.4. The molecule has 6 heteroatoms. The fourth-order valence-corrected chi connectivity index (χ4v) is 1.56. The molecule has 1 atom stereocenters. The van der Waals surface area contributed by atoms with E-state index in [4.69, 9.17) is 9.47 Å². The number of carbonyl (C=O) groups is 2. The Balaban J connectivity index is 4.72. The molecule has 112 valence electrons. The molecule has 0 rings (SSSR count). The largest absolute Gasteiger partial charge is 0.469 e. The van der Waals surface area contributed by atoms with E-state index in [1.165, 1.54) is 14.2 Å². The number of rotatable bonds is 9. The van der Waals surface area contributed by atoms with Crippen molar-refractivity contribution in [2.45, 2.75) is 32.3 Å². The van der Waals surface area contributed by atoms with Crippen molar-refractivity contribution in [3.63, 3.8) is 0 Å². The third kappa shape index (κ3) is 5.57. The first kappa shape index (κ1) is 17.9. The first-order chi connectivity index (χ1) is 8.95. The van der Waals surface area contributed by atoms with Gasteiger partial charge in [-0.25, -0.2) is 0 Å². The third-order valence-corrected chi connectivity index (χ3v) is 3.24. The maximum atomic E-state index is 12.4. The Hall–Kier alpha value is -1.14. The van der Waals surface area contributed by atoms with Gasteiger partial charge in [-0.15, -0.1) is 0 Å². The van der Waals surface area contributed by atoms with Crippen LogP contribution in [0.1, 0.15) is 26.7 Å². The van der Waals surface area contributed by atoms with Crippen LogP contribution in [-0.4, -0.2) is 63.4 Å². The van der Waals surface area contributed by atoms with Crippen LogP contribution < -0.4 is 0 Å². The van der Waals surface area contributed by atoms with Crippen LogP contribution in [-0.2, 0) is 23.8 Å². The first-order valence-corrected chi connectivity index (χ1v) is 6.35. The second kappa shape index (κ2) is 8.87. The molecule has 0 radical (unpaired) electrons. The van der Waals surface area contributed by atoms with Crippen LogP contribution in [0.25, 0.3) is 0 Å². The summed E-state index contributed by atoms with van der Waals surface area (Å²) in [5.41, 5.74) is -0.871. The molecule has 0 aliphatic heterocycles. The first-order valence-electron chi connectivity index (χ1n) is 6.35. The predicted octanol–water partition coefficient (Wildman–Crippen LogP) is 0.840. The molecule has 0 aliphatic carbocycles. The topological polar surface area (TPSA) is 65.1 Å². The van der Waals surface area contributed by atoms with Gasteiger partial charge in [0.05, 0.1) is 20.1 Å². The minimum atomic E-state index is -0.871. The van der Waals surface area contributed by atoms with Crippen LogP contribution in [0.5, 0.6) is 0 Å². The Labute approximate surface area is 115 Å². The quantitative estimate of drug-likeness (QED) is 0.583. The Morgan fingerprint density at radius 3 is 2.21 bits per heavy atom. The lowest BCUT2D eigenvalue weighted by Gasteiger charge is -2.32. The molecule has 0 N–H and O–H groups in total. The predicted molar refractivity (Wildman–Crippen MR) is 70.8 cm³/mol. The van der Waals surface area contributed by atoms with Crippen molar-refractivity contribution in [3.05, 3.63) is 0 Å². The zero-order valence-corrected chi connectivity index (χ0v) is 12.5. The minimum Gasteiger partial charge on any atom is -0.469 e. The summed E-state index contributed by atoms with van der Waals surface area (Å²) in [6.45, 7) is 4.76. The van der Waals surface area contributed by atoms with Gasteiger partial charge >= 0.3 is 5.97 Å². The van der Waals surface area contributed by atoms with Crippen molar-refractivity contribution in [2.75, 3.05) is 41.0 Å². The van der Waals surface area contributed by atoms with Crippen molar-refractivity contribution in [2.24, 2.45) is 0 Å². The summed E-state index contributed by atoms with van der Waals surface area (Å²) >= 11 is 0. The summed E-state index contributed by atoms with van der Waals surface area (Å²) in [4.78, 5) is 25.2. The molecule has 0 saturated heterocycles. The van der Waals surface area contributed by atoms with Crippen molar-refractivity contribution >= 4 is 11.9 Å². The SMILES string of the molecule is CCC(C)(OC)C(=O)N(CCOC)CCC(=O)OC. The Morgan fingerprint density at radius 2 is 1.79 bits per heavy atom. The lowest BCUT2D eigenvalue weighted by Crippen LogP contribution is -2.49. The number of ether oxygens (including phenoxy) is 3. The Bertz CT molecular complexity index is 289. The smallest absolute Gasteiger partial charge is 0.307 e. The van der Waals surface area contributed by atoms with Crippen molar-refractivity contribution in [3.8, 4) is 0 Å². The molecule has 0 fully saturated rings. The van der Waals surface area contributed by atoms with E-state index in [1.54, 1.807) is 18.9 Å². The van der Waals surface area contributed by atoms with Gasteiger partial charge in [0.2, 0.25) is 0 Å². The molecular weight excluding hydrogens is 250 g/mol. The van der Waals surface area contributed by atoms with Crippen LogP contribution >= 0.6 is 0 Å². The second-order valence-electron chi connectivity index (χ2n) is 4.40. The van der Waals surface area contributed by atoms with Gasteiger partial charge in [-0.05, 0) is 13.3 Å². The molecular formula is C13H25NO5. The highest BCUT2D eigenvalue weighted by atomic mass is 16.5. The van der Waals surface area contributed by atoms with E-state index in [-0.39, 0.29) is 18.3 Å². The summed E-state index contributed by atoms with van der Waals surface area (Å²) in [6.07, 6.45) is 0.722. The van der Waals surface area contributed by atoms with Gasteiger partial charge in [0.15, 0.2) is 0 Å². The van der Waals surface area contributed by atoms with E-state index in [0.717, 1.165) is 0 Å². The zero-order chi connectivity index (χ0) is 14.9. The number of hydrogen-bond acceptors (Lipinski definition) is 5. The Morgan fingerprint density at radius 1 is 1.16 bits per heavy atom. The highest BCUT2D eigenvalue weighted by Crippen LogP contribution is 2.18. The maximum Gasteiger partial charge on any atom is 0.307 e. The van der Waals surface area contributed by atoms with Crippen LogP contribution in [0.4, 0.5) is 0 Å². The molecule has 0 heterocycles. The van der Waals surface area contributed by atoms with E-state index in [0.29, 0.717) is 26.1 Å². The molecule has 6 nitrogen and oxygen atoms in total. The van der Waals surface area contributed by atoms with Gasteiger partial charge in [0.1, 0.15) is 5.60 Å². The van der Waals surface area contributed by atoms with Gasteiger partial charge in [-0.1, -0.05) is 6.92 Å². The molecule has 0 aliphatic rings. The Kier molecular flexibility index (Phi) is 8.34. The summed E-state index contributed by atoms with van der Waals surface area (Å²) in [5.74, 6) is -0.482. The number of amides is 1. The molecule has 1 amide bonds. The standard InChI is InChI=1S/C13H25NO5/c1-6-13(2,19-5)12(16)14(9-10-17-3)8-7-11(15)18-4/h6-10H2,1-5H3. The number of nitrogens with zero attached hydrogens (tertiary/aromatic N) is 1. The summed E-state index contributed by atoms with van der Waals surface area (Å²) < 4.78 is 14.9. The monoisotopic (exact) mass is 275 g/mol. The fraction of sp³-hybridized carbons (Fsp3) is 0.846. The van der Waals surface area contributed by atoms with Gasteiger partial charge in [-0.2, -0.15) is 0 Å². The van der Waals surface area contributed by atoms with E-state index in [1.807, 2.05) is 6.92 Å². The lowest BCUT2D eigenvalue weighted by atomic mass is 10.0. The average molecular weight is 275 g/mol. The average Bonchev–Trinajstić information content (AvgIpc) is 2.45. The van der Waals surface area contributed by atoms with E-state index in [2.05, 4.69) is 4.74 Å². The number of methoxy groups -OCH3 is 3. The van der Waals surface area contributed by atoms with Gasteiger partial charge in [-0.3, -0.25) is 9.59 Å². The molecule has 19 heavy (non-hydrogen) atoms. The minimum absolute atomic E-state index is 0.140. The van der Waals surface area contributed by atoms with E-state index >= 15 is 0 Å². The molecule has 1 unspecified atom stereocenters. The molecule has 0 aromatic rings. The van der Waals surface area contributed by atoms with Gasteiger partial charge in [0, 0.05) is 27.3 Å². The zero-order valence-electron chi connectivity index (χ0n) is 12.5. The second-order valence-corrected chi connectivity index (χ2v) is 4.40. The highest BCUT2D eigenvalue weighted by molar-refractivity contribution is 5.85. The summed E-state index contributed by atoms with van der Waals surface area (Å²) in [7, 11) is 4.41. The van der Waals surface area contributed by atoms with Crippen LogP contribution in [0.2, 0.25) is 0 Å². The number of hydrogen-bond donors (Lipinski definition) is 0. The van der Waals surface area contributed by atoms with Gasteiger partial charge in [0.25, 0.3) is 5.91 Å². The van der Waals surface area contributed by atoms with Crippen molar-refractivity contribution in [1.82, 2.24) is 4.90 Å². The molecule has 0 aromatic carbocycles. The molecule has 0 bridgehead atoms.